The Labute approximate surface area is 321 Å². The fourth-order valence-electron chi connectivity index (χ4n) is 13.2. The first-order chi connectivity index (χ1) is 26.0. The quantitative estimate of drug-likeness (QED) is 0.283. The Hall–Kier alpha value is -4.06. The van der Waals surface area contributed by atoms with E-state index >= 15 is 0 Å². The molecule has 17 nitrogen and oxygen atoms in total. The van der Waals surface area contributed by atoms with Crippen molar-refractivity contribution in [3.05, 3.63) is 24.2 Å². The van der Waals surface area contributed by atoms with E-state index in [1.54, 1.807) is 40.7 Å². The lowest BCUT2D eigenvalue weighted by atomic mass is 9.32. The van der Waals surface area contributed by atoms with E-state index in [1.807, 2.05) is 0 Å². The van der Waals surface area contributed by atoms with Gasteiger partial charge in [0.25, 0.3) is 0 Å². The van der Waals surface area contributed by atoms with Crippen molar-refractivity contribution in [2.24, 2.45) is 34.0 Å². The summed E-state index contributed by atoms with van der Waals surface area (Å²) in [5.74, 6) is -9.58. The number of rotatable bonds is 8. The molecule has 3 aliphatic heterocycles. The standard InChI is InChI=1S/C39H48O17/c1-17(2)29(45)53-27-28(51-19(4)41)39(47)35-16-49-25(44)12-23(35)32(7)15-36(35,46)38(54-21(6)43,30(32)52-20(5)42)31-37(39)24(13-33(8,55-31)56-37)34(27,9)26(50-18(3)40)22-10-11-48-14-22/h10-11,14,17,23-24,26-28,30-31,46-47H,12-13,15-16H2,1-9H3/t23-,24+,26-,27-,28+,30-,31-,32-,33?,34+,35+,36+,37+,38-,39-/m0/s1. The number of fused-ring (bicyclic) bond motifs is 4. The van der Waals surface area contributed by atoms with Crippen LogP contribution in [-0.2, 0) is 66.7 Å². The molecule has 2 spiro atoms. The summed E-state index contributed by atoms with van der Waals surface area (Å²) in [6.45, 7) is 11.9. The Bertz CT molecular complexity index is 1930. The minimum atomic E-state index is -2.73. The molecular weight excluding hydrogens is 740 g/mol. The largest absolute Gasteiger partial charge is 0.472 e. The monoisotopic (exact) mass is 788 g/mol. The molecule has 4 aliphatic carbocycles. The van der Waals surface area contributed by atoms with E-state index in [0.717, 1.165) is 20.8 Å². The summed E-state index contributed by atoms with van der Waals surface area (Å²) in [6, 6.07) is 1.55. The topological polar surface area (TPSA) is 230 Å². The normalized spacial score (nSPS) is 48.0. The number of furan rings is 1. The zero-order valence-electron chi connectivity index (χ0n) is 32.7. The van der Waals surface area contributed by atoms with Crippen molar-refractivity contribution in [3.63, 3.8) is 0 Å². The van der Waals surface area contributed by atoms with Gasteiger partial charge in [-0.15, -0.1) is 0 Å². The van der Waals surface area contributed by atoms with Gasteiger partial charge in [-0.3, -0.25) is 28.8 Å². The van der Waals surface area contributed by atoms with Gasteiger partial charge in [0.2, 0.25) is 5.60 Å². The molecule has 7 fully saturated rings. The molecule has 4 saturated carbocycles. The van der Waals surface area contributed by atoms with Crippen LogP contribution in [0.15, 0.2) is 23.0 Å². The third-order valence-electron chi connectivity index (χ3n) is 14.5. The summed E-state index contributed by atoms with van der Waals surface area (Å²) in [5, 5.41) is 28.3. The predicted molar refractivity (Wildman–Crippen MR) is 181 cm³/mol. The third-order valence-corrected chi connectivity index (χ3v) is 14.5. The first-order valence-corrected chi connectivity index (χ1v) is 18.9. The lowest BCUT2D eigenvalue weighted by Gasteiger charge is -2.77. The highest BCUT2D eigenvalue weighted by Gasteiger charge is 3.05. The second-order valence-corrected chi connectivity index (χ2v) is 17.8. The summed E-state index contributed by atoms with van der Waals surface area (Å²) >= 11 is 0. The van der Waals surface area contributed by atoms with Gasteiger partial charge in [-0.2, -0.15) is 0 Å². The molecule has 4 heterocycles. The van der Waals surface area contributed by atoms with E-state index in [4.69, 9.17) is 42.3 Å². The molecule has 1 aromatic heterocycles. The maximum Gasteiger partial charge on any atom is 0.308 e. The Morgan fingerprint density at radius 3 is 2.14 bits per heavy atom. The maximum absolute atomic E-state index is 14.5. The van der Waals surface area contributed by atoms with Crippen molar-refractivity contribution < 1.29 is 81.3 Å². The lowest BCUT2D eigenvalue weighted by molar-refractivity contribution is -0.449. The van der Waals surface area contributed by atoms with Gasteiger partial charge in [0, 0.05) is 57.4 Å². The molecule has 306 valence electrons. The van der Waals surface area contributed by atoms with E-state index in [2.05, 4.69) is 0 Å². The van der Waals surface area contributed by atoms with Crippen molar-refractivity contribution in [2.75, 3.05) is 6.61 Å². The highest BCUT2D eigenvalue weighted by atomic mass is 16.8. The molecule has 17 heteroatoms. The van der Waals surface area contributed by atoms with E-state index in [0.29, 0.717) is 5.56 Å². The van der Waals surface area contributed by atoms with Crippen molar-refractivity contribution >= 4 is 35.8 Å². The lowest BCUT2D eigenvalue weighted by Crippen LogP contribution is -2.98. The van der Waals surface area contributed by atoms with Crippen LogP contribution < -0.4 is 0 Å². The van der Waals surface area contributed by atoms with Crippen LogP contribution in [0.4, 0.5) is 0 Å². The van der Waals surface area contributed by atoms with Crippen molar-refractivity contribution in [1.29, 1.82) is 0 Å². The SMILES string of the molecule is CC(=O)O[C@@H]1[C@H](OC(=O)C(C)C)[C@@](C)([C@@H](OC(C)=O)c2ccoc2)[C@H]2CC3(C)O[C@@H]4[C@@]5(OC(C)=O)[C@@H](OC(C)=O)[C@@]6(C)C[C@@]5(O)[C@]5(COC(=O)C[C@@H]65)[C@]1(O)[C@@]24O3. The van der Waals surface area contributed by atoms with Gasteiger partial charge in [0.15, 0.2) is 24.1 Å². The predicted octanol–water partition coefficient (Wildman–Crippen LogP) is 1.98. The Morgan fingerprint density at radius 1 is 0.893 bits per heavy atom. The van der Waals surface area contributed by atoms with Crippen LogP contribution in [0, 0.1) is 34.0 Å². The zero-order valence-corrected chi connectivity index (χ0v) is 32.7. The third kappa shape index (κ3) is 4.14. The highest BCUT2D eigenvalue weighted by Crippen LogP contribution is 2.88. The van der Waals surface area contributed by atoms with Gasteiger partial charge < -0.3 is 52.5 Å². The molecule has 3 saturated heterocycles. The number of carbonyl (C=O) groups excluding carboxylic acids is 6. The van der Waals surface area contributed by atoms with E-state index in [9.17, 15) is 39.0 Å². The maximum atomic E-state index is 14.5. The molecule has 56 heavy (non-hydrogen) atoms. The molecule has 7 aliphatic rings. The van der Waals surface area contributed by atoms with Crippen LogP contribution in [0.2, 0.25) is 0 Å². The minimum Gasteiger partial charge on any atom is -0.472 e. The minimum absolute atomic E-state index is 0.0922. The van der Waals surface area contributed by atoms with Crippen LogP contribution in [0.1, 0.15) is 93.2 Å². The Balaban J connectivity index is 1.54. The van der Waals surface area contributed by atoms with Crippen LogP contribution in [0.3, 0.4) is 0 Å². The van der Waals surface area contributed by atoms with Gasteiger partial charge >= 0.3 is 35.8 Å². The number of hydrogen-bond donors (Lipinski definition) is 2. The summed E-state index contributed by atoms with van der Waals surface area (Å²) in [6.07, 6.45) is -6.37. The summed E-state index contributed by atoms with van der Waals surface area (Å²) in [5.41, 5.74) is -14.8. The number of carbonyl (C=O) groups is 6. The van der Waals surface area contributed by atoms with Crippen LogP contribution in [0.5, 0.6) is 0 Å². The molecule has 15 atom stereocenters. The number of aliphatic hydroxyl groups is 2. The molecule has 4 bridgehead atoms. The molecular formula is C39H48O17. The average Bonchev–Trinajstić information content (AvgIpc) is 3.87. The van der Waals surface area contributed by atoms with Gasteiger partial charge in [-0.1, -0.05) is 27.7 Å². The van der Waals surface area contributed by atoms with Crippen molar-refractivity contribution in [2.45, 2.75) is 140 Å². The Morgan fingerprint density at radius 2 is 1.57 bits per heavy atom. The second kappa shape index (κ2) is 11.5. The van der Waals surface area contributed by atoms with Gasteiger partial charge in [-0.25, -0.2) is 0 Å². The van der Waals surface area contributed by atoms with E-state index < -0.39 is 142 Å². The van der Waals surface area contributed by atoms with Crippen LogP contribution >= 0.6 is 0 Å². The molecule has 0 aromatic carbocycles. The van der Waals surface area contributed by atoms with Gasteiger partial charge in [0.1, 0.15) is 35.6 Å². The smallest absolute Gasteiger partial charge is 0.308 e. The van der Waals surface area contributed by atoms with E-state index in [1.165, 1.54) is 19.5 Å². The van der Waals surface area contributed by atoms with Crippen LogP contribution in [0.25, 0.3) is 0 Å². The number of esters is 6. The molecule has 8 rings (SSSR count). The molecule has 1 aromatic rings. The first kappa shape index (κ1) is 38.8. The average molecular weight is 789 g/mol. The molecule has 0 radical (unpaired) electrons. The number of ether oxygens (including phenoxy) is 8. The fourth-order valence-corrected chi connectivity index (χ4v) is 13.2. The summed E-state index contributed by atoms with van der Waals surface area (Å²) in [4.78, 5) is 80.5. The number of cyclic esters (lactones) is 1. The summed E-state index contributed by atoms with van der Waals surface area (Å²) in [7, 11) is 0. The van der Waals surface area contributed by atoms with Gasteiger partial charge in [0.05, 0.1) is 29.3 Å². The fraction of sp³-hybridized carbons (Fsp3) is 0.744. The van der Waals surface area contributed by atoms with Gasteiger partial charge in [-0.05, 0) is 25.3 Å². The molecule has 0 amide bonds. The highest BCUT2D eigenvalue weighted by molar-refractivity contribution is 5.75. The first-order valence-electron chi connectivity index (χ1n) is 18.9. The molecule has 2 N–H and O–H groups in total. The number of hydrogen-bond acceptors (Lipinski definition) is 17. The van der Waals surface area contributed by atoms with Crippen LogP contribution in [-0.4, -0.2) is 105 Å². The van der Waals surface area contributed by atoms with Crippen molar-refractivity contribution in [3.8, 4) is 0 Å². The Kier molecular flexibility index (Phi) is 7.99. The second-order valence-electron chi connectivity index (χ2n) is 17.8. The van der Waals surface area contributed by atoms with Crippen molar-refractivity contribution in [1.82, 2.24) is 0 Å². The van der Waals surface area contributed by atoms with E-state index in [-0.39, 0.29) is 12.8 Å². The molecule has 1 unspecified atom stereocenters. The zero-order chi connectivity index (χ0) is 41.0. The summed E-state index contributed by atoms with van der Waals surface area (Å²) < 4.78 is 56.4.